The van der Waals surface area contributed by atoms with E-state index in [-0.39, 0.29) is 24.6 Å². The highest BCUT2D eigenvalue weighted by atomic mass is 16.6. The van der Waals surface area contributed by atoms with Gasteiger partial charge >= 0.3 is 6.09 Å². The fourth-order valence-electron chi connectivity index (χ4n) is 1.27. The smallest absolute Gasteiger partial charge is 0.404 e. The number of nitro benzene ring substituents is 1. The number of nitrogens with one attached hydrogen (secondary N) is 1. The van der Waals surface area contributed by atoms with Gasteiger partial charge < -0.3 is 20.9 Å². The number of ether oxygens (including phenoxy) is 1. The van der Waals surface area contributed by atoms with Crippen molar-refractivity contribution in [2.24, 2.45) is 5.73 Å². The first-order valence-electron chi connectivity index (χ1n) is 5.10. The Morgan fingerprint density at radius 2 is 2.28 bits per heavy atom. The van der Waals surface area contributed by atoms with Gasteiger partial charge in [-0.1, -0.05) is 0 Å². The van der Waals surface area contributed by atoms with E-state index in [9.17, 15) is 20.0 Å². The van der Waals surface area contributed by atoms with Crippen LogP contribution in [0.2, 0.25) is 0 Å². The maximum Gasteiger partial charge on any atom is 0.404 e. The number of aromatic hydroxyl groups is 1. The maximum atomic E-state index is 10.5. The van der Waals surface area contributed by atoms with Gasteiger partial charge in [-0.15, -0.1) is 0 Å². The molecule has 0 aliphatic rings. The number of hydrogen-bond acceptors (Lipinski definition) is 6. The number of benzene rings is 1. The first-order valence-corrected chi connectivity index (χ1v) is 5.10. The van der Waals surface area contributed by atoms with Crippen molar-refractivity contribution in [2.45, 2.75) is 6.54 Å². The van der Waals surface area contributed by atoms with E-state index in [0.717, 1.165) is 0 Å². The fourth-order valence-corrected chi connectivity index (χ4v) is 1.27. The van der Waals surface area contributed by atoms with Crippen molar-refractivity contribution in [1.82, 2.24) is 5.32 Å². The molecule has 0 radical (unpaired) electrons. The van der Waals surface area contributed by atoms with Crippen molar-refractivity contribution in [3.05, 3.63) is 33.9 Å². The summed E-state index contributed by atoms with van der Waals surface area (Å²) in [4.78, 5) is 20.3. The van der Waals surface area contributed by atoms with Crippen LogP contribution in [0.25, 0.3) is 0 Å². The average Bonchev–Trinajstić information content (AvgIpc) is 2.30. The van der Waals surface area contributed by atoms with E-state index in [1.165, 1.54) is 18.2 Å². The zero-order valence-electron chi connectivity index (χ0n) is 9.46. The molecule has 0 unspecified atom stereocenters. The molecule has 0 saturated heterocycles. The summed E-state index contributed by atoms with van der Waals surface area (Å²) in [5, 5.41) is 22.9. The summed E-state index contributed by atoms with van der Waals surface area (Å²) >= 11 is 0. The van der Waals surface area contributed by atoms with Gasteiger partial charge in [0.25, 0.3) is 5.69 Å². The molecule has 0 aliphatic heterocycles. The molecule has 0 fully saturated rings. The van der Waals surface area contributed by atoms with Gasteiger partial charge in [-0.05, 0) is 6.07 Å². The highest BCUT2D eigenvalue weighted by Gasteiger charge is 2.09. The van der Waals surface area contributed by atoms with Crippen LogP contribution >= 0.6 is 0 Å². The predicted molar refractivity (Wildman–Crippen MR) is 62.0 cm³/mol. The maximum absolute atomic E-state index is 10.5. The standard InChI is InChI=1S/C10H13N3O5/c11-10(15)18-4-3-12-6-7-5-8(13(16)17)1-2-9(7)14/h1-2,5,12,14H,3-4,6H2,(H2,11,15). The summed E-state index contributed by atoms with van der Waals surface area (Å²) < 4.78 is 4.48. The first kappa shape index (κ1) is 13.7. The number of phenols is 1. The topological polar surface area (TPSA) is 128 Å². The number of carbonyl (C=O) groups excluding carboxylic acids is 1. The van der Waals surface area contributed by atoms with Crippen LogP contribution in [0.15, 0.2) is 18.2 Å². The quantitative estimate of drug-likeness (QED) is 0.385. The van der Waals surface area contributed by atoms with Crippen LogP contribution in [0.4, 0.5) is 10.5 Å². The molecule has 0 heterocycles. The van der Waals surface area contributed by atoms with Gasteiger partial charge in [0.05, 0.1) is 4.92 Å². The molecule has 1 rings (SSSR count). The van der Waals surface area contributed by atoms with Gasteiger partial charge in [0, 0.05) is 30.8 Å². The molecular formula is C10H13N3O5. The average molecular weight is 255 g/mol. The van der Waals surface area contributed by atoms with E-state index in [2.05, 4.69) is 10.1 Å². The van der Waals surface area contributed by atoms with Crippen LogP contribution in [0.1, 0.15) is 5.56 Å². The molecule has 0 atom stereocenters. The summed E-state index contributed by atoms with van der Waals surface area (Å²) in [7, 11) is 0. The summed E-state index contributed by atoms with van der Waals surface area (Å²) in [5.41, 5.74) is 5.05. The minimum Gasteiger partial charge on any atom is -0.508 e. The zero-order valence-corrected chi connectivity index (χ0v) is 9.46. The SMILES string of the molecule is NC(=O)OCCNCc1cc([N+](=O)[O-])ccc1O. The number of nitrogens with two attached hydrogens (primary N) is 1. The normalized spacial score (nSPS) is 10.0. The number of hydrogen-bond donors (Lipinski definition) is 3. The molecule has 0 spiro atoms. The van der Waals surface area contributed by atoms with Crippen molar-refractivity contribution in [3.63, 3.8) is 0 Å². The molecule has 1 aromatic carbocycles. The Bertz CT molecular complexity index is 449. The van der Waals surface area contributed by atoms with Gasteiger partial charge in [-0.3, -0.25) is 10.1 Å². The third kappa shape index (κ3) is 4.26. The van der Waals surface area contributed by atoms with Crippen molar-refractivity contribution < 1.29 is 19.6 Å². The van der Waals surface area contributed by atoms with Gasteiger partial charge in [-0.2, -0.15) is 0 Å². The van der Waals surface area contributed by atoms with E-state index in [4.69, 9.17) is 5.73 Å². The van der Waals surface area contributed by atoms with E-state index in [1.54, 1.807) is 0 Å². The molecule has 1 aromatic rings. The van der Waals surface area contributed by atoms with Crippen molar-refractivity contribution in [3.8, 4) is 5.75 Å². The minimum atomic E-state index is -0.866. The molecular weight excluding hydrogens is 242 g/mol. The summed E-state index contributed by atoms with van der Waals surface area (Å²) in [6.07, 6.45) is -0.866. The lowest BCUT2D eigenvalue weighted by molar-refractivity contribution is -0.384. The number of primary amides is 1. The number of amides is 1. The molecule has 8 nitrogen and oxygen atoms in total. The Morgan fingerprint density at radius 3 is 2.89 bits per heavy atom. The number of nitrogens with zero attached hydrogens (tertiary/aromatic N) is 1. The van der Waals surface area contributed by atoms with Gasteiger partial charge in [0.1, 0.15) is 12.4 Å². The van der Waals surface area contributed by atoms with Gasteiger partial charge in [0.15, 0.2) is 0 Å². The third-order valence-electron chi connectivity index (χ3n) is 2.11. The Kier molecular flexibility index (Phi) is 4.88. The molecule has 0 bridgehead atoms. The number of non-ortho nitro benzene ring substituents is 1. The van der Waals surface area contributed by atoms with Crippen molar-refractivity contribution in [1.29, 1.82) is 0 Å². The minimum absolute atomic E-state index is 0.0380. The van der Waals surface area contributed by atoms with Crippen molar-refractivity contribution in [2.75, 3.05) is 13.2 Å². The van der Waals surface area contributed by atoms with E-state index in [1.807, 2.05) is 0 Å². The largest absolute Gasteiger partial charge is 0.508 e. The summed E-state index contributed by atoms with van der Waals surface area (Å²) in [6.45, 7) is 0.631. The number of rotatable bonds is 6. The van der Waals surface area contributed by atoms with Crippen LogP contribution in [0, 0.1) is 10.1 Å². The second-order valence-electron chi connectivity index (χ2n) is 3.41. The molecule has 8 heteroatoms. The fraction of sp³-hybridized carbons (Fsp3) is 0.300. The first-order chi connectivity index (χ1) is 8.50. The van der Waals surface area contributed by atoms with E-state index < -0.39 is 11.0 Å². The molecule has 0 aromatic heterocycles. The molecule has 0 saturated carbocycles. The molecule has 0 aliphatic carbocycles. The Hall–Kier alpha value is -2.35. The van der Waals surface area contributed by atoms with E-state index in [0.29, 0.717) is 12.1 Å². The summed E-state index contributed by atoms with van der Waals surface area (Å²) in [5.74, 6) is -0.0380. The predicted octanol–water partition coefficient (Wildman–Crippen LogP) is 0.485. The van der Waals surface area contributed by atoms with Gasteiger partial charge in [-0.25, -0.2) is 4.79 Å². The Labute approximate surface area is 103 Å². The number of nitro groups is 1. The lowest BCUT2D eigenvalue weighted by Crippen LogP contribution is -2.23. The van der Waals surface area contributed by atoms with E-state index >= 15 is 0 Å². The Balaban J connectivity index is 2.48. The lowest BCUT2D eigenvalue weighted by Gasteiger charge is -2.06. The van der Waals surface area contributed by atoms with Crippen LogP contribution < -0.4 is 11.1 Å². The monoisotopic (exact) mass is 255 g/mol. The summed E-state index contributed by atoms with van der Waals surface area (Å²) in [6, 6.07) is 3.75. The highest BCUT2D eigenvalue weighted by molar-refractivity contribution is 5.64. The zero-order chi connectivity index (χ0) is 13.5. The van der Waals surface area contributed by atoms with Crippen LogP contribution in [0.3, 0.4) is 0 Å². The third-order valence-corrected chi connectivity index (χ3v) is 2.11. The molecule has 4 N–H and O–H groups in total. The molecule has 98 valence electrons. The van der Waals surface area contributed by atoms with Crippen LogP contribution in [-0.4, -0.2) is 29.3 Å². The molecule has 18 heavy (non-hydrogen) atoms. The van der Waals surface area contributed by atoms with Crippen molar-refractivity contribution >= 4 is 11.8 Å². The second-order valence-corrected chi connectivity index (χ2v) is 3.41. The highest BCUT2D eigenvalue weighted by Crippen LogP contribution is 2.22. The van der Waals surface area contributed by atoms with Crippen LogP contribution in [0.5, 0.6) is 5.75 Å². The Morgan fingerprint density at radius 1 is 1.56 bits per heavy atom. The van der Waals surface area contributed by atoms with Crippen LogP contribution in [-0.2, 0) is 11.3 Å². The molecule has 1 amide bonds. The number of phenolic OH excluding ortho intramolecular Hbond substituents is 1. The number of carbonyl (C=O) groups is 1. The second kappa shape index (κ2) is 6.40. The van der Waals surface area contributed by atoms with Gasteiger partial charge in [0.2, 0.25) is 0 Å². The lowest BCUT2D eigenvalue weighted by atomic mass is 10.2.